The van der Waals surface area contributed by atoms with Gasteiger partial charge in [-0.2, -0.15) is 0 Å². The lowest BCUT2D eigenvalue weighted by molar-refractivity contribution is -0.274. The molecule has 0 aliphatic carbocycles. The zero-order valence-corrected chi connectivity index (χ0v) is 12.2. The number of aryl methyl sites for hydroxylation is 1. The summed E-state index contributed by atoms with van der Waals surface area (Å²) in [5.74, 6) is -0.237. The summed E-state index contributed by atoms with van der Waals surface area (Å²) in [7, 11) is 0. The van der Waals surface area contributed by atoms with Crippen molar-refractivity contribution in [3.8, 4) is 5.75 Å². The number of anilines is 1. The molecular formula is C11H12BrClF3NO2. The Bertz CT molecular complexity index is 419. The fourth-order valence-corrected chi connectivity index (χ4v) is 2.19. The minimum atomic E-state index is -4.73. The van der Waals surface area contributed by atoms with Crippen molar-refractivity contribution in [2.24, 2.45) is 0 Å². The van der Waals surface area contributed by atoms with Crippen LogP contribution in [0, 0.1) is 6.92 Å². The second-order valence-electron chi connectivity index (χ2n) is 3.83. The van der Waals surface area contributed by atoms with Gasteiger partial charge in [-0.3, -0.25) is 0 Å². The first-order valence-corrected chi connectivity index (χ1v) is 6.59. The monoisotopic (exact) mass is 361 g/mol. The third-order valence-electron chi connectivity index (χ3n) is 2.19. The van der Waals surface area contributed by atoms with Crippen molar-refractivity contribution in [2.45, 2.75) is 19.4 Å². The Morgan fingerprint density at radius 3 is 2.58 bits per heavy atom. The number of hydrogen-bond donors (Lipinski definition) is 2. The Hall–Kier alpha value is -0.660. The van der Waals surface area contributed by atoms with E-state index in [1.54, 1.807) is 6.92 Å². The molecule has 0 aromatic heterocycles. The number of halogens is 5. The standard InChI is InChI=1S/C11H12BrClF3NO2/c1-6-2-8(19-11(14,15)16)3-9(12)10(6)17-5-7(18)4-13/h2-3,7,17-18H,4-5H2,1H3. The van der Waals surface area contributed by atoms with E-state index in [-0.39, 0.29) is 18.2 Å². The maximum atomic E-state index is 12.1. The summed E-state index contributed by atoms with van der Waals surface area (Å²) in [5, 5.41) is 12.2. The number of aliphatic hydroxyl groups excluding tert-OH is 1. The van der Waals surface area contributed by atoms with Gasteiger partial charge in [0.2, 0.25) is 0 Å². The van der Waals surface area contributed by atoms with E-state index in [0.29, 0.717) is 15.7 Å². The highest BCUT2D eigenvalue weighted by Gasteiger charge is 2.31. The third-order valence-corrected chi connectivity index (χ3v) is 3.17. The molecule has 1 unspecified atom stereocenters. The lowest BCUT2D eigenvalue weighted by atomic mass is 10.2. The molecule has 0 spiro atoms. The Kier molecular flexibility index (Phi) is 5.76. The van der Waals surface area contributed by atoms with Gasteiger partial charge >= 0.3 is 6.36 Å². The molecule has 1 aromatic carbocycles. The van der Waals surface area contributed by atoms with E-state index < -0.39 is 12.5 Å². The molecule has 3 nitrogen and oxygen atoms in total. The van der Waals surface area contributed by atoms with Crippen LogP contribution in [0.5, 0.6) is 5.75 Å². The Morgan fingerprint density at radius 1 is 1.47 bits per heavy atom. The first-order chi connectivity index (χ1) is 8.73. The summed E-state index contributed by atoms with van der Waals surface area (Å²) >= 11 is 8.60. The third kappa shape index (κ3) is 5.46. The number of alkyl halides is 4. The van der Waals surface area contributed by atoms with Crippen LogP contribution in [-0.4, -0.2) is 30.0 Å². The molecule has 0 bridgehead atoms. The topological polar surface area (TPSA) is 41.5 Å². The molecule has 0 aliphatic rings. The minimum absolute atomic E-state index is 0.0684. The molecule has 0 amide bonds. The number of aliphatic hydroxyl groups is 1. The molecule has 8 heteroatoms. The van der Waals surface area contributed by atoms with Crippen LogP contribution in [0.4, 0.5) is 18.9 Å². The smallest absolute Gasteiger partial charge is 0.406 e. The quantitative estimate of drug-likeness (QED) is 0.785. The Morgan fingerprint density at radius 2 is 2.11 bits per heavy atom. The van der Waals surface area contributed by atoms with Gasteiger partial charge in [-0.15, -0.1) is 24.8 Å². The lowest BCUT2D eigenvalue weighted by Crippen LogP contribution is -2.21. The Labute approximate surface area is 121 Å². The van der Waals surface area contributed by atoms with Gasteiger partial charge in [-0.1, -0.05) is 0 Å². The zero-order chi connectivity index (χ0) is 14.6. The summed E-state index contributed by atoms with van der Waals surface area (Å²) in [4.78, 5) is 0. The van der Waals surface area contributed by atoms with Gasteiger partial charge in [0.25, 0.3) is 0 Å². The van der Waals surface area contributed by atoms with Gasteiger partial charge in [0.1, 0.15) is 5.75 Å². The molecular weight excluding hydrogens is 350 g/mol. The van der Waals surface area contributed by atoms with Crippen LogP contribution in [0.1, 0.15) is 5.56 Å². The molecule has 0 heterocycles. The van der Waals surface area contributed by atoms with Crippen molar-refractivity contribution < 1.29 is 23.0 Å². The molecule has 108 valence electrons. The van der Waals surface area contributed by atoms with E-state index in [1.807, 2.05) is 0 Å². The average molecular weight is 363 g/mol. The molecule has 1 aromatic rings. The molecule has 0 saturated heterocycles. The SMILES string of the molecule is Cc1cc(OC(F)(F)F)cc(Br)c1NCC(O)CCl. The van der Waals surface area contributed by atoms with E-state index in [2.05, 4.69) is 26.0 Å². The second-order valence-corrected chi connectivity index (χ2v) is 5.00. The summed E-state index contributed by atoms with van der Waals surface area (Å²) in [6.07, 6.45) is -5.46. The van der Waals surface area contributed by atoms with Crippen LogP contribution < -0.4 is 10.1 Å². The van der Waals surface area contributed by atoms with E-state index in [1.165, 1.54) is 12.1 Å². The number of nitrogens with one attached hydrogen (secondary N) is 1. The van der Waals surface area contributed by atoms with E-state index in [0.717, 1.165) is 0 Å². The number of rotatable bonds is 5. The second kappa shape index (κ2) is 6.67. The predicted molar refractivity (Wildman–Crippen MR) is 70.8 cm³/mol. The van der Waals surface area contributed by atoms with Crippen LogP contribution in [0.15, 0.2) is 16.6 Å². The summed E-state index contributed by atoms with van der Waals surface area (Å²) in [6, 6.07) is 2.46. The largest absolute Gasteiger partial charge is 0.573 e. The van der Waals surface area contributed by atoms with Crippen LogP contribution in [0.25, 0.3) is 0 Å². The summed E-state index contributed by atoms with van der Waals surface area (Å²) < 4.78 is 40.6. The average Bonchev–Trinajstić information content (AvgIpc) is 2.25. The zero-order valence-electron chi connectivity index (χ0n) is 9.89. The molecule has 19 heavy (non-hydrogen) atoms. The van der Waals surface area contributed by atoms with Gasteiger partial charge in [0.15, 0.2) is 0 Å². The maximum absolute atomic E-state index is 12.1. The summed E-state index contributed by atoms with van der Waals surface area (Å²) in [6.45, 7) is 1.83. The molecule has 1 rings (SSSR count). The number of ether oxygens (including phenoxy) is 1. The molecule has 1 atom stereocenters. The first kappa shape index (κ1) is 16.4. The van der Waals surface area contributed by atoms with Gasteiger partial charge in [0, 0.05) is 11.0 Å². The van der Waals surface area contributed by atoms with Gasteiger partial charge in [0.05, 0.1) is 17.7 Å². The highest BCUT2D eigenvalue weighted by atomic mass is 79.9. The highest BCUT2D eigenvalue weighted by molar-refractivity contribution is 9.10. The van der Waals surface area contributed by atoms with Crippen LogP contribution >= 0.6 is 27.5 Å². The number of hydrogen-bond acceptors (Lipinski definition) is 3. The van der Waals surface area contributed by atoms with Crippen molar-refractivity contribution in [1.82, 2.24) is 0 Å². The fourth-order valence-electron chi connectivity index (χ4n) is 1.40. The van der Waals surface area contributed by atoms with Crippen molar-refractivity contribution in [3.05, 3.63) is 22.2 Å². The van der Waals surface area contributed by atoms with Gasteiger partial charge in [-0.25, -0.2) is 0 Å². The van der Waals surface area contributed by atoms with Crippen LogP contribution in [0.3, 0.4) is 0 Å². The molecule has 0 radical (unpaired) electrons. The fraction of sp³-hybridized carbons (Fsp3) is 0.455. The van der Waals surface area contributed by atoms with E-state index >= 15 is 0 Å². The van der Waals surface area contributed by atoms with Crippen LogP contribution in [-0.2, 0) is 0 Å². The minimum Gasteiger partial charge on any atom is -0.406 e. The van der Waals surface area contributed by atoms with Crippen molar-refractivity contribution in [3.63, 3.8) is 0 Å². The van der Waals surface area contributed by atoms with Crippen molar-refractivity contribution in [2.75, 3.05) is 17.7 Å². The number of benzene rings is 1. The van der Waals surface area contributed by atoms with Crippen molar-refractivity contribution in [1.29, 1.82) is 0 Å². The molecule has 0 fully saturated rings. The predicted octanol–water partition coefficient (Wildman–Crippen LogP) is 3.67. The Balaban J connectivity index is 2.85. The molecule has 2 N–H and O–H groups in total. The molecule has 0 aliphatic heterocycles. The van der Waals surface area contributed by atoms with Crippen LogP contribution in [0.2, 0.25) is 0 Å². The molecule has 0 saturated carbocycles. The van der Waals surface area contributed by atoms with Gasteiger partial charge < -0.3 is 15.2 Å². The van der Waals surface area contributed by atoms with Crippen molar-refractivity contribution >= 4 is 33.2 Å². The van der Waals surface area contributed by atoms with Gasteiger partial charge in [-0.05, 0) is 40.5 Å². The highest BCUT2D eigenvalue weighted by Crippen LogP contribution is 2.33. The van der Waals surface area contributed by atoms with E-state index in [9.17, 15) is 18.3 Å². The maximum Gasteiger partial charge on any atom is 0.573 e. The normalized spacial score (nSPS) is 13.2. The first-order valence-electron chi connectivity index (χ1n) is 5.26. The van der Waals surface area contributed by atoms with E-state index in [4.69, 9.17) is 11.6 Å². The lowest BCUT2D eigenvalue weighted by Gasteiger charge is -2.16. The summed E-state index contributed by atoms with van der Waals surface area (Å²) in [5.41, 5.74) is 1.13.